The van der Waals surface area contributed by atoms with Crippen LogP contribution in [0.15, 0.2) is 42.6 Å². The van der Waals surface area contributed by atoms with Crippen molar-refractivity contribution < 1.29 is 9.53 Å². The summed E-state index contributed by atoms with van der Waals surface area (Å²) in [5.74, 6) is 0.0467. The summed E-state index contributed by atoms with van der Waals surface area (Å²) >= 11 is 0. The van der Waals surface area contributed by atoms with Crippen LogP contribution >= 0.6 is 0 Å². The first-order valence-corrected chi connectivity index (χ1v) is 9.40. The average Bonchev–Trinajstić information content (AvgIpc) is 3.05. The molecule has 27 heavy (non-hydrogen) atoms. The van der Waals surface area contributed by atoms with Crippen LogP contribution in [0, 0.1) is 6.92 Å². The molecule has 140 valence electrons. The Morgan fingerprint density at radius 2 is 1.89 bits per heavy atom. The third kappa shape index (κ3) is 3.35. The van der Waals surface area contributed by atoms with Gasteiger partial charge in [0, 0.05) is 31.7 Å². The van der Waals surface area contributed by atoms with E-state index in [1.807, 2.05) is 73.8 Å². The largest absolute Gasteiger partial charge is 0.372 e. The Morgan fingerprint density at radius 1 is 1.15 bits per heavy atom. The van der Waals surface area contributed by atoms with E-state index < -0.39 is 0 Å². The first-order valence-electron chi connectivity index (χ1n) is 9.40. The van der Waals surface area contributed by atoms with Gasteiger partial charge in [0.05, 0.1) is 34.7 Å². The minimum Gasteiger partial charge on any atom is -0.372 e. The molecule has 2 aromatic heterocycles. The summed E-state index contributed by atoms with van der Waals surface area (Å²) in [6.07, 6.45) is 2.07. The molecule has 5 heteroatoms. The summed E-state index contributed by atoms with van der Waals surface area (Å²) in [6.45, 7) is 7.29. The second-order valence-corrected chi connectivity index (χ2v) is 7.55. The van der Waals surface area contributed by atoms with Gasteiger partial charge in [-0.3, -0.25) is 4.79 Å². The number of pyridine rings is 1. The first-order chi connectivity index (χ1) is 12.9. The molecule has 1 fully saturated rings. The van der Waals surface area contributed by atoms with Gasteiger partial charge in [-0.25, -0.2) is 4.98 Å². The Bertz CT molecular complexity index is 998. The van der Waals surface area contributed by atoms with E-state index in [2.05, 4.69) is 6.07 Å². The molecule has 0 saturated carbocycles. The van der Waals surface area contributed by atoms with Gasteiger partial charge in [-0.15, -0.1) is 0 Å². The maximum absolute atomic E-state index is 13.5. The molecule has 4 rings (SSSR count). The predicted molar refractivity (Wildman–Crippen MR) is 107 cm³/mol. The van der Waals surface area contributed by atoms with Crippen molar-refractivity contribution in [3.8, 4) is 11.4 Å². The highest BCUT2D eigenvalue weighted by atomic mass is 16.5. The molecule has 0 radical (unpaired) electrons. The molecule has 2 atom stereocenters. The number of benzene rings is 1. The van der Waals surface area contributed by atoms with E-state index in [1.165, 1.54) is 0 Å². The molecule has 1 amide bonds. The Balaban J connectivity index is 1.86. The van der Waals surface area contributed by atoms with Crippen molar-refractivity contribution in [1.82, 2.24) is 14.5 Å². The van der Waals surface area contributed by atoms with Crippen LogP contribution in [0.1, 0.15) is 29.8 Å². The molecule has 0 spiro atoms. The summed E-state index contributed by atoms with van der Waals surface area (Å²) in [5.41, 5.74) is 4.48. The van der Waals surface area contributed by atoms with Crippen molar-refractivity contribution >= 4 is 16.8 Å². The number of carbonyl (C=O) groups excluding carboxylic acids is 1. The van der Waals surface area contributed by atoms with Gasteiger partial charge in [0.2, 0.25) is 0 Å². The average molecular weight is 363 g/mol. The molecule has 2 unspecified atom stereocenters. The Kier molecular flexibility index (Phi) is 4.48. The smallest absolute Gasteiger partial charge is 0.254 e. The summed E-state index contributed by atoms with van der Waals surface area (Å²) < 4.78 is 7.82. The van der Waals surface area contributed by atoms with Crippen LogP contribution in [0.5, 0.6) is 0 Å². The summed E-state index contributed by atoms with van der Waals surface area (Å²) in [4.78, 5) is 20.2. The topological polar surface area (TPSA) is 47.4 Å². The summed E-state index contributed by atoms with van der Waals surface area (Å²) in [7, 11) is 1.99. The molecular formula is C22H25N3O2. The van der Waals surface area contributed by atoms with E-state index in [0.717, 1.165) is 27.9 Å². The first kappa shape index (κ1) is 17.7. The molecule has 1 aliphatic rings. The lowest BCUT2D eigenvalue weighted by atomic mass is 10.0. The molecular weight excluding hydrogens is 338 g/mol. The van der Waals surface area contributed by atoms with Crippen LogP contribution in [0.4, 0.5) is 0 Å². The molecule has 1 aliphatic heterocycles. The van der Waals surface area contributed by atoms with Crippen molar-refractivity contribution in [1.29, 1.82) is 0 Å². The molecule has 0 aliphatic carbocycles. The van der Waals surface area contributed by atoms with Crippen LogP contribution in [-0.4, -0.2) is 45.7 Å². The third-order valence-corrected chi connectivity index (χ3v) is 5.11. The number of aromatic nitrogens is 2. The van der Waals surface area contributed by atoms with Crippen molar-refractivity contribution in [3.63, 3.8) is 0 Å². The van der Waals surface area contributed by atoms with Gasteiger partial charge < -0.3 is 14.2 Å². The van der Waals surface area contributed by atoms with Crippen molar-refractivity contribution in [2.45, 2.75) is 33.0 Å². The molecule has 3 heterocycles. The number of amides is 1. The zero-order valence-electron chi connectivity index (χ0n) is 16.3. The zero-order chi connectivity index (χ0) is 19.1. The lowest BCUT2D eigenvalue weighted by Crippen LogP contribution is -2.48. The maximum Gasteiger partial charge on any atom is 0.254 e. The standard InChI is InChI=1S/C22H25N3O2/c1-14-7-8-19-17(10-14)18(11-20(23-19)21-6-5-9-24(21)4)22(26)25-12-15(2)27-16(3)13-25/h5-11,15-16H,12-13H2,1-4H3. The van der Waals surface area contributed by atoms with Gasteiger partial charge in [0.15, 0.2) is 0 Å². The molecule has 0 N–H and O–H groups in total. The van der Waals surface area contributed by atoms with Gasteiger partial charge in [0.1, 0.15) is 0 Å². The van der Waals surface area contributed by atoms with Crippen molar-refractivity contribution in [2.75, 3.05) is 13.1 Å². The van der Waals surface area contributed by atoms with Gasteiger partial charge in [-0.1, -0.05) is 11.6 Å². The number of ether oxygens (including phenoxy) is 1. The second-order valence-electron chi connectivity index (χ2n) is 7.55. The SMILES string of the molecule is Cc1ccc2nc(-c3cccn3C)cc(C(=O)N3CC(C)OC(C)C3)c2c1. The van der Waals surface area contributed by atoms with E-state index in [9.17, 15) is 4.79 Å². The van der Waals surface area contributed by atoms with Crippen LogP contribution in [0.3, 0.4) is 0 Å². The normalized spacial score (nSPS) is 20.2. The summed E-state index contributed by atoms with van der Waals surface area (Å²) in [6, 6.07) is 12.0. The number of aryl methyl sites for hydroxylation is 2. The van der Waals surface area contributed by atoms with E-state index in [0.29, 0.717) is 18.7 Å². The quantitative estimate of drug-likeness (QED) is 0.696. The monoisotopic (exact) mass is 363 g/mol. The lowest BCUT2D eigenvalue weighted by Gasteiger charge is -2.35. The maximum atomic E-state index is 13.5. The highest BCUT2D eigenvalue weighted by Crippen LogP contribution is 2.27. The van der Waals surface area contributed by atoms with Gasteiger partial charge >= 0.3 is 0 Å². The molecule has 1 saturated heterocycles. The fourth-order valence-corrected chi connectivity index (χ4v) is 3.89. The fourth-order valence-electron chi connectivity index (χ4n) is 3.89. The number of rotatable bonds is 2. The third-order valence-electron chi connectivity index (χ3n) is 5.11. The predicted octanol–water partition coefficient (Wildman–Crippen LogP) is 3.80. The van der Waals surface area contributed by atoms with Crippen LogP contribution in [0.2, 0.25) is 0 Å². The minimum atomic E-state index is 0.0416. The van der Waals surface area contributed by atoms with Crippen LogP contribution in [-0.2, 0) is 11.8 Å². The number of fused-ring (bicyclic) bond motifs is 1. The minimum absolute atomic E-state index is 0.0416. The van der Waals surface area contributed by atoms with Crippen LogP contribution in [0.25, 0.3) is 22.3 Å². The molecule has 0 bridgehead atoms. The second kappa shape index (κ2) is 6.82. The highest BCUT2D eigenvalue weighted by molar-refractivity contribution is 6.07. The number of morpholine rings is 1. The van der Waals surface area contributed by atoms with Gasteiger partial charge in [0.25, 0.3) is 5.91 Å². The number of hydrogen-bond donors (Lipinski definition) is 0. The fraction of sp³-hybridized carbons (Fsp3) is 0.364. The van der Waals surface area contributed by atoms with Gasteiger partial charge in [-0.05, 0) is 51.1 Å². The lowest BCUT2D eigenvalue weighted by molar-refractivity contribution is -0.0585. The molecule has 5 nitrogen and oxygen atoms in total. The van der Waals surface area contributed by atoms with E-state index >= 15 is 0 Å². The summed E-state index contributed by atoms with van der Waals surface area (Å²) in [5, 5.41) is 0.907. The van der Waals surface area contributed by atoms with E-state index in [1.54, 1.807) is 0 Å². The number of nitrogens with zero attached hydrogens (tertiary/aromatic N) is 3. The number of hydrogen-bond acceptors (Lipinski definition) is 3. The molecule has 3 aromatic rings. The van der Waals surface area contributed by atoms with Gasteiger partial charge in [-0.2, -0.15) is 0 Å². The Morgan fingerprint density at radius 3 is 2.56 bits per heavy atom. The van der Waals surface area contributed by atoms with Crippen molar-refractivity contribution in [3.05, 3.63) is 53.7 Å². The van der Waals surface area contributed by atoms with Crippen LogP contribution < -0.4 is 0 Å². The highest BCUT2D eigenvalue weighted by Gasteiger charge is 2.28. The molecule has 1 aromatic carbocycles. The van der Waals surface area contributed by atoms with E-state index in [-0.39, 0.29) is 18.1 Å². The zero-order valence-corrected chi connectivity index (χ0v) is 16.3. The Labute approximate surface area is 159 Å². The Hall–Kier alpha value is -2.66. The number of carbonyl (C=O) groups is 1. The van der Waals surface area contributed by atoms with Crippen molar-refractivity contribution in [2.24, 2.45) is 7.05 Å². The van der Waals surface area contributed by atoms with E-state index in [4.69, 9.17) is 9.72 Å².